The van der Waals surface area contributed by atoms with Crippen LogP contribution in [-0.4, -0.2) is 25.0 Å². The first-order valence-electron chi connectivity index (χ1n) is 5.77. The van der Waals surface area contributed by atoms with Gasteiger partial charge in [0.25, 0.3) is 5.91 Å². The Morgan fingerprint density at radius 1 is 1.15 bits per heavy atom. The SMILES string of the molecule is COc1ccc(N(C)C(=O)c2nc(Cl)ccc2Cl)cc1. The van der Waals surface area contributed by atoms with Gasteiger partial charge in [0, 0.05) is 12.7 Å². The largest absolute Gasteiger partial charge is 0.497 e. The Kier molecular flexibility index (Phi) is 4.47. The highest BCUT2D eigenvalue weighted by Crippen LogP contribution is 2.23. The van der Waals surface area contributed by atoms with Crippen LogP contribution >= 0.6 is 23.2 Å². The van der Waals surface area contributed by atoms with E-state index < -0.39 is 0 Å². The van der Waals surface area contributed by atoms with Crippen LogP contribution < -0.4 is 9.64 Å². The molecule has 1 aromatic heterocycles. The maximum Gasteiger partial charge on any atom is 0.278 e. The summed E-state index contributed by atoms with van der Waals surface area (Å²) in [6.07, 6.45) is 0. The van der Waals surface area contributed by atoms with E-state index in [4.69, 9.17) is 27.9 Å². The number of nitrogens with zero attached hydrogens (tertiary/aromatic N) is 2. The maximum atomic E-state index is 12.4. The molecule has 0 aliphatic heterocycles. The van der Waals surface area contributed by atoms with Gasteiger partial charge in [0.1, 0.15) is 16.6 Å². The molecule has 0 radical (unpaired) electrons. The maximum absolute atomic E-state index is 12.4. The Morgan fingerprint density at radius 2 is 1.80 bits per heavy atom. The minimum Gasteiger partial charge on any atom is -0.497 e. The standard InChI is InChI=1S/C14H12Cl2N2O2/c1-18(9-3-5-10(20-2)6-4-9)14(19)13-11(15)7-8-12(16)17-13/h3-8H,1-2H3. The van der Waals surface area contributed by atoms with Crippen LogP contribution in [0.1, 0.15) is 10.5 Å². The van der Waals surface area contributed by atoms with E-state index in [1.807, 2.05) is 0 Å². The number of methoxy groups -OCH3 is 1. The summed E-state index contributed by atoms with van der Waals surface area (Å²) in [6.45, 7) is 0. The van der Waals surface area contributed by atoms with Gasteiger partial charge in [-0.05, 0) is 36.4 Å². The van der Waals surface area contributed by atoms with Gasteiger partial charge in [-0.3, -0.25) is 4.79 Å². The molecule has 0 fully saturated rings. The summed E-state index contributed by atoms with van der Waals surface area (Å²) < 4.78 is 5.07. The van der Waals surface area contributed by atoms with Crippen molar-refractivity contribution in [3.63, 3.8) is 0 Å². The van der Waals surface area contributed by atoms with Gasteiger partial charge in [-0.15, -0.1) is 0 Å². The topological polar surface area (TPSA) is 42.4 Å². The Balaban J connectivity index is 2.29. The van der Waals surface area contributed by atoms with Crippen molar-refractivity contribution in [1.29, 1.82) is 0 Å². The van der Waals surface area contributed by atoms with E-state index in [1.54, 1.807) is 44.5 Å². The molecule has 0 saturated carbocycles. The molecule has 0 spiro atoms. The quantitative estimate of drug-likeness (QED) is 0.812. The summed E-state index contributed by atoms with van der Waals surface area (Å²) in [6, 6.07) is 10.2. The van der Waals surface area contributed by atoms with E-state index in [1.165, 1.54) is 11.0 Å². The lowest BCUT2D eigenvalue weighted by molar-refractivity contribution is 0.0988. The predicted molar refractivity (Wildman–Crippen MR) is 80.0 cm³/mol. The molecule has 4 nitrogen and oxygen atoms in total. The van der Waals surface area contributed by atoms with Crippen molar-refractivity contribution in [3.05, 3.63) is 52.3 Å². The zero-order valence-electron chi connectivity index (χ0n) is 10.9. The number of benzene rings is 1. The van der Waals surface area contributed by atoms with E-state index in [9.17, 15) is 4.79 Å². The Bertz CT molecular complexity index is 630. The molecule has 1 heterocycles. The van der Waals surface area contributed by atoms with E-state index >= 15 is 0 Å². The highest BCUT2D eigenvalue weighted by molar-refractivity contribution is 6.35. The number of aromatic nitrogens is 1. The van der Waals surface area contributed by atoms with Crippen molar-refractivity contribution in [3.8, 4) is 5.75 Å². The fourth-order valence-electron chi connectivity index (χ4n) is 1.65. The van der Waals surface area contributed by atoms with Crippen molar-refractivity contribution in [2.24, 2.45) is 0 Å². The van der Waals surface area contributed by atoms with Crippen molar-refractivity contribution in [2.75, 3.05) is 19.1 Å². The monoisotopic (exact) mass is 310 g/mol. The molecule has 1 aromatic carbocycles. The third-order valence-corrected chi connectivity index (χ3v) is 3.29. The van der Waals surface area contributed by atoms with Gasteiger partial charge in [0.2, 0.25) is 0 Å². The second kappa shape index (κ2) is 6.11. The molecule has 0 saturated heterocycles. The van der Waals surface area contributed by atoms with Crippen LogP contribution in [0.15, 0.2) is 36.4 Å². The lowest BCUT2D eigenvalue weighted by atomic mass is 10.2. The number of carbonyl (C=O) groups excluding carboxylic acids is 1. The summed E-state index contributed by atoms with van der Waals surface area (Å²) in [7, 11) is 3.22. The molecule has 2 aromatic rings. The zero-order chi connectivity index (χ0) is 14.7. The fourth-order valence-corrected chi connectivity index (χ4v) is 1.98. The number of halogens is 2. The van der Waals surface area contributed by atoms with Gasteiger partial charge in [-0.1, -0.05) is 23.2 Å². The molecule has 1 amide bonds. The molecule has 0 atom stereocenters. The molecule has 0 unspecified atom stereocenters. The summed E-state index contributed by atoms with van der Waals surface area (Å²) in [5.41, 5.74) is 0.825. The number of pyridine rings is 1. The molecule has 0 aliphatic carbocycles. The van der Waals surface area contributed by atoms with E-state index in [0.29, 0.717) is 11.4 Å². The summed E-state index contributed by atoms with van der Waals surface area (Å²) in [5.74, 6) is 0.385. The van der Waals surface area contributed by atoms with E-state index in [2.05, 4.69) is 4.98 Å². The number of amides is 1. The van der Waals surface area contributed by atoms with Crippen LogP contribution in [0.4, 0.5) is 5.69 Å². The van der Waals surface area contributed by atoms with Crippen molar-refractivity contribution >= 4 is 34.8 Å². The number of ether oxygens (including phenoxy) is 1. The van der Waals surface area contributed by atoms with Crippen molar-refractivity contribution in [2.45, 2.75) is 0 Å². The molecular weight excluding hydrogens is 299 g/mol. The minimum absolute atomic E-state index is 0.123. The first-order chi connectivity index (χ1) is 9.52. The Morgan fingerprint density at radius 3 is 2.40 bits per heavy atom. The molecular formula is C14H12Cl2N2O2. The van der Waals surface area contributed by atoms with E-state index in [0.717, 1.165) is 0 Å². The average molecular weight is 311 g/mol. The molecule has 20 heavy (non-hydrogen) atoms. The van der Waals surface area contributed by atoms with Gasteiger partial charge in [0.05, 0.1) is 12.1 Å². The first-order valence-corrected chi connectivity index (χ1v) is 6.52. The second-order valence-electron chi connectivity index (χ2n) is 4.03. The smallest absolute Gasteiger partial charge is 0.278 e. The fraction of sp³-hybridized carbons (Fsp3) is 0.143. The summed E-state index contributed by atoms with van der Waals surface area (Å²) in [5, 5.41) is 0.487. The molecule has 0 N–H and O–H groups in total. The van der Waals surface area contributed by atoms with Gasteiger partial charge in [-0.25, -0.2) is 4.98 Å². The third kappa shape index (κ3) is 3.03. The van der Waals surface area contributed by atoms with Crippen LogP contribution in [0.2, 0.25) is 10.2 Å². The van der Waals surface area contributed by atoms with Crippen LogP contribution in [0.3, 0.4) is 0 Å². The van der Waals surface area contributed by atoms with Crippen molar-refractivity contribution in [1.82, 2.24) is 4.98 Å². The van der Waals surface area contributed by atoms with Crippen LogP contribution in [-0.2, 0) is 0 Å². The third-order valence-electron chi connectivity index (χ3n) is 2.78. The summed E-state index contributed by atoms with van der Waals surface area (Å²) in [4.78, 5) is 17.8. The molecule has 2 rings (SSSR count). The van der Waals surface area contributed by atoms with Crippen LogP contribution in [0.5, 0.6) is 5.75 Å². The lowest BCUT2D eigenvalue weighted by Gasteiger charge is -2.17. The predicted octanol–water partition coefficient (Wildman–Crippen LogP) is 3.67. The Labute approximate surface area is 126 Å². The molecule has 6 heteroatoms. The number of hydrogen-bond acceptors (Lipinski definition) is 3. The number of anilines is 1. The van der Waals surface area contributed by atoms with E-state index in [-0.39, 0.29) is 21.8 Å². The van der Waals surface area contributed by atoms with Gasteiger partial charge >= 0.3 is 0 Å². The summed E-state index contributed by atoms with van der Waals surface area (Å²) >= 11 is 11.8. The van der Waals surface area contributed by atoms with Crippen molar-refractivity contribution < 1.29 is 9.53 Å². The number of rotatable bonds is 3. The van der Waals surface area contributed by atoms with Gasteiger partial charge < -0.3 is 9.64 Å². The van der Waals surface area contributed by atoms with Crippen LogP contribution in [0, 0.1) is 0 Å². The Hall–Kier alpha value is -1.78. The molecule has 104 valence electrons. The van der Waals surface area contributed by atoms with Gasteiger partial charge in [-0.2, -0.15) is 0 Å². The molecule has 0 bridgehead atoms. The number of carbonyl (C=O) groups is 1. The highest BCUT2D eigenvalue weighted by Gasteiger charge is 2.18. The normalized spacial score (nSPS) is 10.2. The molecule has 0 aliphatic rings. The minimum atomic E-state index is -0.331. The van der Waals surface area contributed by atoms with Gasteiger partial charge in [0.15, 0.2) is 0 Å². The first kappa shape index (κ1) is 14.6. The average Bonchev–Trinajstić information content (AvgIpc) is 2.48. The zero-order valence-corrected chi connectivity index (χ0v) is 12.4. The lowest BCUT2D eigenvalue weighted by Crippen LogP contribution is -2.27. The number of hydrogen-bond donors (Lipinski definition) is 0. The second-order valence-corrected chi connectivity index (χ2v) is 4.82. The van der Waals surface area contributed by atoms with Crippen LogP contribution in [0.25, 0.3) is 0 Å². The highest BCUT2D eigenvalue weighted by atomic mass is 35.5.